The highest BCUT2D eigenvalue weighted by Gasteiger charge is 1.98. The fourth-order valence-corrected chi connectivity index (χ4v) is 1.47. The van der Waals surface area contributed by atoms with Gasteiger partial charge in [-0.1, -0.05) is 38.1 Å². The van der Waals surface area contributed by atoms with Crippen molar-refractivity contribution in [3.8, 4) is 0 Å². The molecule has 0 spiro atoms. The first-order valence-electron chi connectivity index (χ1n) is 5.81. The van der Waals surface area contributed by atoms with E-state index in [4.69, 9.17) is 0 Å². The van der Waals surface area contributed by atoms with Crippen molar-refractivity contribution in [3.05, 3.63) is 53.6 Å². The number of hydrogen-bond acceptors (Lipinski definition) is 2. The van der Waals surface area contributed by atoms with E-state index in [9.17, 15) is 4.79 Å². The van der Waals surface area contributed by atoms with E-state index in [0.29, 0.717) is 5.56 Å². The van der Waals surface area contributed by atoms with E-state index in [0.717, 1.165) is 18.7 Å². The summed E-state index contributed by atoms with van der Waals surface area (Å²) in [6.45, 7) is 6.77. The molecule has 3 heteroatoms. The third-order valence-corrected chi connectivity index (χ3v) is 2.39. The van der Waals surface area contributed by atoms with E-state index in [1.807, 2.05) is 51.2 Å². The lowest BCUT2D eigenvalue weighted by atomic mass is 10.1. The summed E-state index contributed by atoms with van der Waals surface area (Å²) in [5.74, 6) is 0.995. The molecule has 0 fully saturated rings. The molecule has 0 bridgehead atoms. The van der Waals surface area contributed by atoms with Crippen LogP contribution in [0.1, 0.15) is 35.6 Å². The van der Waals surface area contributed by atoms with Gasteiger partial charge in [0.05, 0.1) is 0 Å². The van der Waals surface area contributed by atoms with E-state index in [-0.39, 0.29) is 0 Å². The maximum Gasteiger partial charge on any atom is 0.150 e. The summed E-state index contributed by atoms with van der Waals surface area (Å²) >= 11 is 0. The maximum absolute atomic E-state index is 10.5. The van der Waals surface area contributed by atoms with Crippen LogP contribution in [0.2, 0.25) is 0 Å². The van der Waals surface area contributed by atoms with Gasteiger partial charge in [0.1, 0.15) is 12.1 Å². The van der Waals surface area contributed by atoms with Crippen LogP contribution in [0.4, 0.5) is 0 Å². The molecule has 0 aliphatic heterocycles. The third-order valence-electron chi connectivity index (χ3n) is 2.39. The number of carbonyl (C=O) groups excluding carboxylic acids is 1. The molecule has 0 saturated carbocycles. The first kappa shape index (κ1) is 13.2. The Labute approximate surface area is 102 Å². The van der Waals surface area contributed by atoms with Gasteiger partial charge in [-0.15, -0.1) is 0 Å². The fourth-order valence-electron chi connectivity index (χ4n) is 1.47. The van der Waals surface area contributed by atoms with Gasteiger partial charge in [0, 0.05) is 24.5 Å². The number of imidazole rings is 1. The van der Waals surface area contributed by atoms with Crippen LogP contribution in [-0.4, -0.2) is 15.8 Å². The lowest BCUT2D eigenvalue weighted by Crippen LogP contribution is -2.00. The minimum absolute atomic E-state index is 0.709. The molecule has 0 amide bonds. The molecule has 1 aromatic carbocycles. The van der Waals surface area contributed by atoms with E-state index >= 15 is 0 Å². The Bertz CT molecular complexity index is 457. The molecule has 90 valence electrons. The zero-order valence-electron chi connectivity index (χ0n) is 10.6. The van der Waals surface area contributed by atoms with E-state index < -0.39 is 0 Å². The fraction of sp³-hybridized carbons (Fsp3) is 0.286. The van der Waals surface area contributed by atoms with Gasteiger partial charge in [0.15, 0.2) is 0 Å². The second-order valence-corrected chi connectivity index (χ2v) is 3.46. The van der Waals surface area contributed by atoms with Crippen LogP contribution >= 0.6 is 0 Å². The number of benzene rings is 1. The van der Waals surface area contributed by atoms with Gasteiger partial charge < -0.3 is 4.57 Å². The van der Waals surface area contributed by atoms with Crippen molar-refractivity contribution in [2.75, 3.05) is 0 Å². The minimum atomic E-state index is 0.709. The quantitative estimate of drug-likeness (QED) is 0.759. The highest BCUT2D eigenvalue weighted by atomic mass is 16.1. The number of aldehydes is 1. The zero-order valence-corrected chi connectivity index (χ0v) is 10.6. The summed E-state index contributed by atoms with van der Waals surface area (Å²) in [6.07, 6.45) is 4.59. The normalized spacial score (nSPS) is 9.35. The summed E-state index contributed by atoms with van der Waals surface area (Å²) in [5.41, 5.74) is 1.88. The van der Waals surface area contributed by atoms with Crippen molar-refractivity contribution in [2.24, 2.45) is 0 Å². The summed E-state index contributed by atoms with van der Waals surface area (Å²) in [5, 5.41) is 0. The number of rotatable bonds is 3. The van der Waals surface area contributed by atoms with E-state index in [1.54, 1.807) is 6.20 Å². The smallest absolute Gasteiger partial charge is 0.150 e. The standard InChI is InChI=1S/C12H12N2O.C2H6/c1-10-13-6-7-14(10)8-11-2-4-12(9-15)5-3-11;1-2/h2-7,9H,8H2,1H3;1-2H3. The van der Waals surface area contributed by atoms with Gasteiger partial charge in [-0.05, 0) is 12.5 Å². The predicted molar refractivity (Wildman–Crippen MR) is 69.2 cm³/mol. The van der Waals surface area contributed by atoms with Gasteiger partial charge >= 0.3 is 0 Å². The third kappa shape index (κ3) is 3.55. The summed E-state index contributed by atoms with van der Waals surface area (Å²) in [4.78, 5) is 14.6. The summed E-state index contributed by atoms with van der Waals surface area (Å²) in [7, 11) is 0. The van der Waals surface area contributed by atoms with E-state index in [2.05, 4.69) is 9.55 Å². The van der Waals surface area contributed by atoms with Crippen LogP contribution in [0.25, 0.3) is 0 Å². The molecular weight excluding hydrogens is 212 g/mol. The van der Waals surface area contributed by atoms with Gasteiger partial charge in [0.25, 0.3) is 0 Å². The molecule has 17 heavy (non-hydrogen) atoms. The molecule has 1 heterocycles. The molecule has 3 nitrogen and oxygen atoms in total. The zero-order chi connectivity index (χ0) is 12.7. The molecule has 0 aliphatic rings. The molecule has 0 aliphatic carbocycles. The summed E-state index contributed by atoms with van der Waals surface area (Å²) < 4.78 is 2.07. The second-order valence-electron chi connectivity index (χ2n) is 3.46. The van der Waals surface area contributed by atoms with Crippen molar-refractivity contribution in [3.63, 3.8) is 0 Å². The Hall–Kier alpha value is -1.90. The maximum atomic E-state index is 10.5. The number of hydrogen-bond donors (Lipinski definition) is 0. The van der Waals surface area contributed by atoms with Crippen molar-refractivity contribution in [2.45, 2.75) is 27.3 Å². The topological polar surface area (TPSA) is 34.9 Å². The van der Waals surface area contributed by atoms with Crippen LogP contribution in [0.5, 0.6) is 0 Å². The molecule has 0 unspecified atom stereocenters. The minimum Gasteiger partial charge on any atom is -0.331 e. The molecular formula is C14H18N2O. The first-order chi connectivity index (χ1) is 8.29. The van der Waals surface area contributed by atoms with Crippen molar-refractivity contribution in [1.29, 1.82) is 0 Å². The van der Waals surface area contributed by atoms with Crippen LogP contribution < -0.4 is 0 Å². The Morgan fingerprint density at radius 3 is 2.35 bits per heavy atom. The number of aryl methyl sites for hydroxylation is 1. The highest BCUT2D eigenvalue weighted by Crippen LogP contribution is 2.06. The Morgan fingerprint density at radius 1 is 1.24 bits per heavy atom. The molecule has 2 rings (SSSR count). The van der Waals surface area contributed by atoms with Gasteiger partial charge in [-0.25, -0.2) is 4.98 Å². The van der Waals surface area contributed by atoms with Crippen LogP contribution in [0.3, 0.4) is 0 Å². The van der Waals surface area contributed by atoms with Crippen LogP contribution in [-0.2, 0) is 6.54 Å². The molecule has 2 aromatic rings. The average molecular weight is 230 g/mol. The summed E-state index contributed by atoms with van der Waals surface area (Å²) in [6, 6.07) is 7.58. The number of aromatic nitrogens is 2. The van der Waals surface area contributed by atoms with Crippen molar-refractivity contribution >= 4 is 6.29 Å². The highest BCUT2D eigenvalue weighted by molar-refractivity contribution is 5.74. The molecule has 0 N–H and O–H groups in total. The number of nitrogens with zero attached hydrogens (tertiary/aromatic N) is 2. The van der Waals surface area contributed by atoms with Gasteiger partial charge in [-0.2, -0.15) is 0 Å². The monoisotopic (exact) mass is 230 g/mol. The van der Waals surface area contributed by atoms with Gasteiger partial charge in [0.2, 0.25) is 0 Å². The Kier molecular flexibility index (Phi) is 5.14. The molecule has 0 atom stereocenters. The molecule has 0 saturated heterocycles. The SMILES string of the molecule is CC.Cc1nccn1Cc1ccc(C=O)cc1. The molecule has 0 radical (unpaired) electrons. The Morgan fingerprint density at radius 2 is 1.88 bits per heavy atom. The average Bonchev–Trinajstić information content (AvgIpc) is 2.79. The van der Waals surface area contributed by atoms with Crippen LogP contribution in [0.15, 0.2) is 36.7 Å². The largest absolute Gasteiger partial charge is 0.331 e. The Balaban J connectivity index is 0.000000686. The molecule has 1 aromatic heterocycles. The second kappa shape index (κ2) is 6.63. The van der Waals surface area contributed by atoms with Crippen molar-refractivity contribution in [1.82, 2.24) is 9.55 Å². The van der Waals surface area contributed by atoms with E-state index in [1.165, 1.54) is 5.56 Å². The number of carbonyl (C=O) groups is 1. The van der Waals surface area contributed by atoms with Gasteiger partial charge in [-0.3, -0.25) is 4.79 Å². The first-order valence-corrected chi connectivity index (χ1v) is 5.81. The van der Waals surface area contributed by atoms with Crippen molar-refractivity contribution < 1.29 is 4.79 Å². The lowest BCUT2D eigenvalue weighted by molar-refractivity contribution is 0.112. The predicted octanol–water partition coefficient (Wildman–Crippen LogP) is 3.08. The van der Waals surface area contributed by atoms with Crippen LogP contribution in [0, 0.1) is 6.92 Å². The lowest BCUT2D eigenvalue weighted by Gasteiger charge is -2.04.